The van der Waals surface area contributed by atoms with Crippen molar-refractivity contribution in [2.24, 2.45) is 4.99 Å². The van der Waals surface area contributed by atoms with Crippen LogP contribution in [0.25, 0.3) is 22.0 Å². The van der Waals surface area contributed by atoms with Gasteiger partial charge in [0.2, 0.25) is 0 Å². The van der Waals surface area contributed by atoms with E-state index in [-0.39, 0.29) is 0 Å². The molecule has 0 spiro atoms. The summed E-state index contributed by atoms with van der Waals surface area (Å²) in [6.45, 7) is 8.45. The van der Waals surface area contributed by atoms with Crippen LogP contribution in [0.3, 0.4) is 0 Å². The second kappa shape index (κ2) is 11.5. The molecule has 38 heavy (non-hydrogen) atoms. The molecule has 1 aliphatic rings. The van der Waals surface area contributed by atoms with Gasteiger partial charge in [0.25, 0.3) is 0 Å². The highest BCUT2D eigenvalue weighted by atomic mass is 79.9. The van der Waals surface area contributed by atoms with Crippen molar-refractivity contribution in [2.75, 3.05) is 25.2 Å². The SMILES string of the molecule is CCCCC(C)=Nc1cc(-c2ccc3c(c2)CN(c2ncnc4cc(OC)c(Br)cc24)CCO3)ccc1C. The summed E-state index contributed by atoms with van der Waals surface area (Å²) in [6, 6.07) is 17.0. The molecule has 196 valence electrons. The van der Waals surface area contributed by atoms with Crippen molar-refractivity contribution in [3.63, 3.8) is 0 Å². The number of halogens is 1. The van der Waals surface area contributed by atoms with E-state index < -0.39 is 0 Å². The van der Waals surface area contributed by atoms with E-state index in [2.05, 4.69) is 88.0 Å². The molecule has 0 atom stereocenters. The summed E-state index contributed by atoms with van der Waals surface area (Å²) in [5, 5.41) is 0.972. The van der Waals surface area contributed by atoms with E-state index in [0.717, 1.165) is 68.0 Å². The molecule has 1 aromatic heterocycles. The predicted molar refractivity (Wildman–Crippen MR) is 159 cm³/mol. The molecule has 0 N–H and O–H groups in total. The van der Waals surface area contributed by atoms with Crippen LogP contribution in [-0.4, -0.2) is 35.9 Å². The number of methoxy groups -OCH3 is 1. The quantitative estimate of drug-likeness (QED) is 0.209. The van der Waals surface area contributed by atoms with Crippen LogP contribution in [0.15, 0.2) is 64.3 Å². The lowest BCUT2D eigenvalue weighted by molar-refractivity contribution is 0.331. The first-order chi connectivity index (χ1) is 18.5. The molecule has 0 aliphatic carbocycles. The van der Waals surface area contributed by atoms with Crippen molar-refractivity contribution in [1.82, 2.24) is 9.97 Å². The molecule has 0 bridgehead atoms. The van der Waals surface area contributed by atoms with Crippen LogP contribution < -0.4 is 14.4 Å². The summed E-state index contributed by atoms with van der Waals surface area (Å²) < 4.78 is 12.5. The van der Waals surface area contributed by atoms with Crippen LogP contribution in [0.2, 0.25) is 0 Å². The maximum absolute atomic E-state index is 6.16. The van der Waals surface area contributed by atoms with Gasteiger partial charge in [0, 0.05) is 29.3 Å². The fourth-order valence-electron chi connectivity index (χ4n) is 4.81. The minimum atomic E-state index is 0.579. The zero-order chi connectivity index (χ0) is 26.6. The number of aromatic nitrogens is 2. The molecule has 0 radical (unpaired) electrons. The van der Waals surface area contributed by atoms with E-state index >= 15 is 0 Å². The summed E-state index contributed by atoms with van der Waals surface area (Å²) in [4.78, 5) is 16.4. The van der Waals surface area contributed by atoms with E-state index in [1.54, 1.807) is 13.4 Å². The molecular weight excluding hydrogens is 540 g/mol. The van der Waals surface area contributed by atoms with Gasteiger partial charge < -0.3 is 14.4 Å². The summed E-state index contributed by atoms with van der Waals surface area (Å²) in [5.74, 6) is 2.55. The molecule has 5 rings (SSSR count). The minimum Gasteiger partial charge on any atom is -0.495 e. The molecule has 7 heteroatoms. The van der Waals surface area contributed by atoms with E-state index in [1.807, 2.05) is 12.1 Å². The van der Waals surface area contributed by atoms with Gasteiger partial charge in [-0.05, 0) is 83.6 Å². The lowest BCUT2D eigenvalue weighted by atomic mass is 10.00. The molecule has 2 heterocycles. The largest absolute Gasteiger partial charge is 0.495 e. The molecule has 0 fully saturated rings. The molecule has 0 unspecified atom stereocenters. The zero-order valence-electron chi connectivity index (χ0n) is 22.4. The van der Waals surface area contributed by atoms with E-state index in [9.17, 15) is 0 Å². The van der Waals surface area contributed by atoms with Crippen LogP contribution in [0, 0.1) is 6.92 Å². The second-order valence-corrected chi connectivity index (χ2v) is 10.6. The first kappa shape index (κ1) is 26.2. The Morgan fingerprint density at radius 3 is 2.74 bits per heavy atom. The number of aryl methyl sites for hydroxylation is 1. The smallest absolute Gasteiger partial charge is 0.140 e. The summed E-state index contributed by atoms with van der Waals surface area (Å²) in [7, 11) is 1.66. The van der Waals surface area contributed by atoms with Gasteiger partial charge in [0.15, 0.2) is 0 Å². The number of nitrogens with zero attached hydrogens (tertiary/aromatic N) is 4. The van der Waals surface area contributed by atoms with Crippen molar-refractivity contribution in [2.45, 2.75) is 46.6 Å². The Labute approximate surface area is 232 Å². The highest BCUT2D eigenvalue weighted by Crippen LogP contribution is 2.36. The van der Waals surface area contributed by atoms with Crippen molar-refractivity contribution < 1.29 is 9.47 Å². The number of anilines is 1. The third-order valence-corrected chi connectivity index (χ3v) is 7.59. The van der Waals surface area contributed by atoms with Crippen molar-refractivity contribution >= 4 is 44.0 Å². The zero-order valence-corrected chi connectivity index (χ0v) is 24.0. The molecule has 0 saturated heterocycles. The van der Waals surface area contributed by atoms with E-state index in [0.29, 0.717) is 13.2 Å². The predicted octanol–water partition coefficient (Wildman–Crippen LogP) is 8.06. The lowest BCUT2D eigenvalue weighted by Gasteiger charge is -2.22. The number of hydrogen-bond donors (Lipinski definition) is 0. The second-order valence-electron chi connectivity index (χ2n) is 9.75. The Balaban J connectivity index is 1.48. The van der Waals surface area contributed by atoms with Gasteiger partial charge in [-0.1, -0.05) is 31.5 Å². The molecule has 6 nitrogen and oxygen atoms in total. The topological polar surface area (TPSA) is 59.8 Å². The average molecular weight is 574 g/mol. The third kappa shape index (κ3) is 5.53. The van der Waals surface area contributed by atoms with Gasteiger partial charge in [-0.2, -0.15) is 0 Å². The fraction of sp³-hybridized carbons (Fsp3) is 0.323. The normalized spacial score (nSPS) is 13.7. The van der Waals surface area contributed by atoms with Crippen LogP contribution in [0.4, 0.5) is 11.5 Å². The van der Waals surface area contributed by atoms with Gasteiger partial charge in [-0.3, -0.25) is 4.99 Å². The van der Waals surface area contributed by atoms with Crippen LogP contribution in [-0.2, 0) is 6.54 Å². The monoisotopic (exact) mass is 572 g/mol. The number of rotatable bonds is 7. The summed E-state index contributed by atoms with van der Waals surface area (Å²) >= 11 is 3.62. The Morgan fingerprint density at radius 2 is 1.92 bits per heavy atom. The van der Waals surface area contributed by atoms with Gasteiger partial charge in [0.05, 0.1) is 29.3 Å². The summed E-state index contributed by atoms with van der Waals surface area (Å²) in [6.07, 6.45) is 5.00. The van der Waals surface area contributed by atoms with Gasteiger partial charge in [0.1, 0.15) is 30.3 Å². The number of fused-ring (bicyclic) bond motifs is 2. The Kier molecular flexibility index (Phi) is 7.93. The molecular formula is C31H33BrN4O2. The average Bonchev–Trinajstić information content (AvgIpc) is 3.14. The van der Waals surface area contributed by atoms with Gasteiger partial charge in [-0.25, -0.2) is 9.97 Å². The first-order valence-corrected chi connectivity index (χ1v) is 13.9. The number of unbranched alkanes of at least 4 members (excludes halogenated alkanes) is 1. The van der Waals surface area contributed by atoms with E-state index in [1.165, 1.54) is 24.1 Å². The van der Waals surface area contributed by atoms with Gasteiger partial charge in [-0.15, -0.1) is 0 Å². The Bertz CT molecular complexity index is 1500. The standard InChI is InChI=1S/C31H33BrN4O2/c1-5-6-7-21(3)35-27-15-23(9-8-20(27)2)22-10-11-29-24(14-22)18-36(12-13-38-29)31-25-16-26(32)30(37-4)17-28(25)33-19-34-31/h8-11,14-17,19H,5-7,12-13,18H2,1-4H3. The van der Waals surface area contributed by atoms with Crippen LogP contribution in [0.5, 0.6) is 11.5 Å². The van der Waals surface area contributed by atoms with Crippen LogP contribution in [0.1, 0.15) is 44.2 Å². The molecule has 0 amide bonds. The minimum absolute atomic E-state index is 0.579. The first-order valence-electron chi connectivity index (χ1n) is 13.1. The van der Waals surface area contributed by atoms with Crippen molar-refractivity contribution in [3.8, 4) is 22.6 Å². The highest BCUT2D eigenvalue weighted by Gasteiger charge is 2.20. The number of aliphatic imine (C=N–C) groups is 1. The molecule has 3 aromatic carbocycles. The van der Waals surface area contributed by atoms with E-state index in [4.69, 9.17) is 14.5 Å². The van der Waals surface area contributed by atoms with Gasteiger partial charge >= 0.3 is 0 Å². The number of hydrogen-bond acceptors (Lipinski definition) is 6. The van der Waals surface area contributed by atoms with Crippen molar-refractivity contribution in [1.29, 1.82) is 0 Å². The maximum Gasteiger partial charge on any atom is 0.140 e. The summed E-state index contributed by atoms with van der Waals surface area (Å²) in [5.41, 5.74) is 7.68. The molecule has 4 aromatic rings. The van der Waals surface area contributed by atoms with Crippen LogP contribution >= 0.6 is 15.9 Å². The highest BCUT2D eigenvalue weighted by molar-refractivity contribution is 9.10. The Morgan fingerprint density at radius 1 is 1.11 bits per heavy atom. The maximum atomic E-state index is 6.16. The lowest BCUT2D eigenvalue weighted by Crippen LogP contribution is -2.26. The molecule has 1 aliphatic heterocycles. The number of ether oxygens (including phenoxy) is 2. The number of benzene rings is 3. The fourth-order valence-corrected chi connectivity index (χ4v) is 5.32. The third-order valence-electron chi connectivity index (χ3n) is 6.97. The van der Waals surface area contributed by atoms with Crippen molar-refractivity contribution in [3.05, 3.63) is 70.5 Å². The Hall–Kier alpha value is -3.45. The molecule has 0 saturated carbocycles.